The first-order valence-corrected chi connectivity index (χ1v) is 6.32. The second kappa shape index (κ2) is 9.41. The van der Waals surface area contributed by atoms with Crippen molar-refractivity contribution < 1.29 is 28.8 Å². The minimum absolute atomic E-state index is 0.0901. The van der Waals surface area contributed by atoms with E-state index in [1.54, 1.807) is 19.2 Å². The van der Waals surface area contributed by atoms with Gasteiger partial charge in [0.25, 0.3) is 0 Å². The molecule has 0 aliphatic heterocycles. The summed E-state index contributed by atoms with van der Waals surface area (Å²) >= 11 is 0. The van der Waals surface area contributed by atoms with Crippen LogP contribution in [0.25, 0.3) is 0 Å². The van der Waals surface area contributed by atoms with Crippen molar-refractivity contribution in [1.29, 1.82) is 0 Å². The molecule has 0 atom stereocenters. The van der Waals surface area contributed by atoms with Gasteiger partial charge in [-0.05, 0) is 17.7 Å². The monoisotopic (exact) mass is 286 g/mol. The summed E-state index contributed by atoms with van der Waals surface area (Å²) in [6, 6.07) is 3.42. The molecule has 0 spiro atoms. The van der Waals surface area contributed by atoms with Crippen molar-refractivity contribution in [3.05, 3.63) is 17.7 Å². The van der Waals surface area contributed by atoms with Crippen LogP contribution in [0.2, 0.25) is 0 Å². The van der Waals surface area contributed by atoms with E-state index in [2.05, 4.69) is 0 Å². The van der Waals surface area contributed by atoms with Crippen molar-refractivity contribution in [2.75, 3.05) is 47.8 Å². The first kappa shape index (κ1) is 16.6. The van der Waals surface area contributed by atoms with Crippen molar-refractivity contribution >= 4 is 0 Å². The van der Waals surface area contributed by atoms with E-state index in [0.29, 0.717) is 49.2 Å². The molecule has 0 fully saturated rings. The van der Waals surface area contributed by atoms with Crippen LogP contribution in [0.4, 0.5) is 0 Å². The SMILES string of the molecule is COCCOCCOc1c(OC)cc(CO)cc1OC. The molecule has 114 valence electrons. The lowest BCUT2D eigenvalue weighted by Gasteiger charge is -2.15. The van der Waals surface area contributed by atoms with Crippen LogP contribution in [-0.2, 0) is 16.1 Å². The van der Waals surface area contributed by atoms with Crippen molar-refractivity contribution in [2.24, 2.45) is 0 Å². The summed E-state index contributed by atoms with van der Waals surface area (Å²) in [5.74, 6) is 1.54. The fourth-order valence-corrected chi connectivity index (χ4v) is 1.61. The minimum Gasteiger partial charge on any atom is -0.493 e. The molecular formula is C14H22O6. The summed E-state index contributed by atoms with van der Waals surface area (Å²) in [5, 5.41) is 9.18. The highest BCUT2D eigenvalue weighted by Gasteiger charge is 2.13. The summed E-state index contributed by atoms with van der Waals surface area (Å²) < 4.78 is 26.3. The lowest BCUT2D eigenvalue weighted by atomic mass is 10.2. The molecule has 0 aliphatic carbocycles. The smallest absolute Gasteiger partial charge is 0.203 e. The molecule has 0 radical (unpaired) electrons. The van der Waals surface area contributed by atoms with Gasteiger partial charge in [-0.25, -0.2) is 0 Å². The fourth-order valence-electron chi connectivity index (χ4n) is 1.61. The van der Waals surface area contributed by atoms with Gasteiger partial charge in [0.05, 0.1) is 40.6 Å². The topological polar surface area (TPSA) is 66.4 Å². The predicted octanol–water partition coefficient (Wildman–Crippen LogP) is 1.24. The zero-order valence-electron chi connectivity index (χ0n) is 12.2. The van der Waals surface area contributed by atoms with Crippen LogP contribution in [0, 0.1) is 0 Å². The highest BCUT2D eigenvalue weighted by atomic mass is 16.6. The van der Waals surface area contributed by atoms with E-state index in [-0.39, 0.29) is 6.61 Å². The van der Waals surface area contributed by atoms with E-state index in [9.17, 15) is 5.11 Å². The second-order valence-corrected chi connectivity index (χ2v) is 3.94. The number of benzene rings is 1. The van der Waals surface area contributed by atoms with Crippen LogP contribution in [-0.4, -0.2) is 52.9 Å². The molecule has 20 heavy (non-hydrogen) atoms. The van der Waals surface area contributed by atoms with Crippen molar-refractivity contribution in [2.45, 2.75) is 6.61 Å². The lowest BCUT2D eigenvalue weighted by Crippen LogP contribution is -2.11. The molecule has 1 aromatic carbocycles. The first-order valence-electron chi connectivity index (χ1n) is 6.32. The van der Waals surface area contributed by atoms with Crippen LogP contribution in [0.15, 0.2) is 12.1 Å². The van der Waals surface area contributed by atoms with Crippen molar-refractivity contribution in [3.8, 4) is 17.2 Å². The number of aliphatic hydroxyl groups is 1. The Morgan fingerprint density at radius 2 is 1.50 bits per heavy atom. The summed E-state index contributed by atoms with van der Waals surface area (Å²) in [6.45, 7) is 1.80. The number of ether oxygens (including phenoxy) is 5. The number of rotatable bonds is 10. The number of hydrogen-bond acceptors (Lipinski definition) is 6. The number of hydrogen-bond donors (Lipinski definition) is 1. The lowest BCUT2D eigenvalue weighted by molar-refractivity contribution is 0.0535. The minimum atomic E-state index is -0.0901. The summed E-state index contributed by atoms with van der Waals surface area (Å²) in [4.78, 5) is 0. The molecule has 6 nitrogen and oxygen atoms in total. The maximum Gasteiger partial charge on any atom is 0.203 e. The largest absolute Gasteiger partial charge is 0.493 e. The molecule has 0 aromatic heterocycles. The van der Waals surface area contributed by atoms with Crippen LogP contribution in [0.5, 0.6) is 17.2 Å². The predicted molar refractivity (Wildman–Crippen MR) is 73.7 cm³/mol. The molecule has 0 saturated heterocycles. The van der Waals surface area contributed by atoms with E-state index < -0.39 is 0 Å². The number of methoxy groups -OCH3 is 3. The summed E-state index contributed by atoms with van der Waals surface area (Å²) in [5.41, 5.74) is 0.697. The Bertz CT molecular complexity index is 368. The van der Waals surface area contributed by atoms with Gasteiger partial charge < -0.3 is 28.8 Å². The van der Waals surface area contributed by atoms with E-state index >= 15 is 0 Å². The average Bonchev–Trinajstić information content (AvgIpc) is 2.50. The standard InChI is InChI=1S/C14H22O6/c1-16-4-5-19-6-7-20-14-12(17-2)8-11(10-15)9-13(14)18-3/h8-9,15H,4-7,10H2,1-3H3. The first-order chi connectivity index (χ1) is 9.76. The third-order valence-corrected chi connectivity index (χ3v) is 2.61. The molecule has 1 aromatic rings. The second-order valence-electron chi connectivity index (χ2n) is 3.94. The molecule has 0 amide bonds. The van der Waals surface area contributed by atoms with Crippen LogP contribution in [0.3, 0.4) is 0 Å². The Morgan fingerprint density at radius 3 is 2.00 bits per heavy atom. The van der Waals surface area contributed by atoms with E-state index in [4.69, 9.17) is 23.7 Å². The molecule has 0 heterocycles. The zero-order chi connectivity index (χ0) is 14.8. The molecular weight excluding hydrogens is 264 g/mol. The Labute approximate surface area is 119 Å². The van der Waals surface area contributed by atoms with Gasteiger partial charge in [-0.2, -0.15) is 0 Å². The highest BCUT2D eigenvalue weighted by molar-refractivity contribution is 5.53. The maximum absolute atomic E-state index is 9.18. The molecule has 0 saturated carbocycles. The highest BCUT2D eigenvalue weighted by Crippen LogP contribution is 2.38. The van der Waals surface area contributed by atoms with Crippen molar-refractivity contribution in [1.82, 2.24) is 0 Å². The van der Waals surface area contributed by atoms with Crippen LogP contribution < -0.4 is 14.2 Å². The fraction of sp³-hybridized carbons (Fsp3) is 0.571. The third kappa shape index (κ3) is 4.88. The molecule has 1 rings (SSSR count). The van der Waals surface area contributed by atoms with Gasteiger partial charge in [-0.3, -0.25) is 0 Å². The number of aliphatic hydroxyl groups excluding tert-OH is 1. The van der Waals surface area contributed by atoms with Gasteiger partial charge in [-0.15, -0.1) is 0 Å². The molecule has 0 aliphatic rings. The Morgan fingerprint density at radius 1 is 0.900 bits per heavy atom. The van der Waals surface area contributed by atoms with Gasteiger partial charge >= 0.3 is 0 Å². The zero-order valence-corrected chi connectivity index (χ0v) is 12.2. The molecule has 0 bridgehead atoms. The van der Waals surface area contributed by atoms with Crippen LogP contribution >= 0.6 is 0 Å². The quantitative estimate of drug-likeness (QED) is 0.653. The Kier molecular flexibility index (Phi) is 7.79. The average molecular weight is 286 g/mol. The summed E-state index contributed by atoms with van der Waals surface area (Å²) in [7, 11) is 4.70. The van der Waals surface area contributed by atoms with Gasteiger partial charge in [0, 0.05) is 7.11 Å². The van der Waals surface area contributed by atoms with Gasteiger partial charge in [0.2, 0.25) is 5.75 Å². The molecule has 0 unspecified atom stereocenters. The normalized spacial score (nSPS) is 10.4. The van der Waals surface area contributed by atoms with E-state index in [1.165, 1.54) is 14.2 Å². The third-order valence-electron chi connectivity index (χ3n) is 2.61. The molecule has 1 N–H and O–H groups in total. The molecule has 6 heteroatoms. The van der Waals surface area contributed by atoms with Gasteiger partial charge in [-0.1, -0.05) is 0 Å². The maximum atomic E-state index is 9.18. The van der Waals surface area contributed by atoms with Gasteiger partial charge in [0.15, 0.2) is 11.5 Å². The van der Waals surface area contributed by atoms with Gasteiger partial charge in [0.1, 0.15) is 6.61 Å². The summed E-state index contributed by atoms with van der Waals surface area (Å²) in [6.07, 6.45) is 0. The van der Waals surface area contributed by atoms with Crippen LogP contribution in [0.1, 0.15) is 5.56 Å². The van der Waals surface area contributed by atoms with E-state index in [1.807, 2.05) is 0 Å². The van der Waals surface area contributed by atoms with E-state index in [0.717, 1.165) is 0 Å². The Balaban J connectivity index is 2.63. The van der Waals surface area contributed by atoms with Crippen molar-refractivity contribution in [3.63, 3.8) is 0 Å². The Hall–Kier alpha value is -1.50.